The molecule has 0 radical (unpaired) electrons. The summed E-state index contributed by atoms with van der Waals surface area (Å²) in [6.45, 7) is 4.68. The Labute approximate surface area is 173 Å². The molecule has 2 aromatic carbocycles. The molecule has 5 aromatic rings. The Morgan fingerprint density at radius 2 is 1.93 bits per heavy atom. The first-order valence-electron chi connectivity index (χ1n) is 9.45. The van der Waals surface area contributed by atoms with Gasteiger partial charge in [0.2, 0.25) is 5.65 Å². The Kier molecular flexibility index (Phi) is 4.68. The number of pyridine rings is 1. The molecule has 30 heavy (non-hydrogen) atoms. The third-order valence-electron chi connectivity index (χ3n) is 4.97. The van der Waals surface area contributed by atoms with Crippen molar-refractivity contribution in [1.29, 1.82) is 0 Å². The van der Waals surface area contributed by atoms with Gasteiger partial charge in [0.15, 0.2) is 5.65 Å². The van der Waals surface area contributed by atoms with Crippen LogP contribution in [-0.4, -0.2) is 43.3 Å². The van der Waals surface area contributed by atoms with Gasteiger partial charge >= 0.3 is 0 Å². The van der Waals surface area contributed by atoms with Crippen LogP contribution < -0.4 is 5.30 Å². The van der Waals surface area contributed by atoms with Crippen LogP contribution >= 0.6 is 7.92 Å². The van der Waals surface area contributed by atoms with Crippen LogP contribution in [0.4, 0.5) is 4.39 Å². The van der Waals surface area contributed by atoms with E-state index in [-0.39, 0.29) is 13.7 Å². The molecule has 3 aromatic heterocycles. The summed E-state index contributed by atoms with van der Waals surface area (Å²) >= 11 is 0. The van der Waals surface area contributed by atoms with Crippen molar-refractivity contribution in [3.8, 4) is 11.3 Å². The van der Waals surface area contributed by atoms with Crippen LogP contribution in [0.2, 0.25) is 0 Å². The van der Waals surface area contributed by atoms with Crippen LogP contribution in [-0.2, 0) is 6.54 Å². The predicted molar refractivity (Wildman–Crippen MR) is 118 cm³/mol. The van der Waals surface area contributed by atoms with E-state index in [4.69, 9.17) is 0 Å². The minimum atomic E-state index is -0.365. The Morgan fingerprint density at radius 3 is 2.77 bits per heavy atom. The molecule has 0 amide bonds. The van der Waals surface area contributed by atoms with Gasteiger partial charge in [-0.2, -0.15) is 0 Å². The second kappa shape index (κ2) is 7.50. The monoisotopic (exact) mass is 416 g/mol. The lowest BCUT2D eigenvalue weighted by atomic mass is 10.1. The highest BCUT2D eigenvalue weighted by atomic mass is 31.1. The number of fused-ring (bicyclic) bond motifs is 2. The molecule has 0 aliphatic rings. The lowest BCUT2D eigenvalue weighted by Gasteiger charge is -2.09. The number of halogens is 1. The molecule has 0 saturated heterocycles. The maximum Gasteiger partial charge on any atom is 0.221 e. The van der Waals surface area contributed by atoms with Crippen molar-refractivity contribution in [3.05, 3.63) is 72.3 Å². The molecular weight excluding hydrogens is 398 g/mol. The van der Waals surface area contributed by atoms with Crippen molar-refractivity contribution >= 4 is 35.4 Å². The van der Waals surface area contributed by atoms with E-state index in [1.54, 1.807) is 29.2 Å². The lowest BCUT2D eigenvalue weighted by molar-refractivity contribution is 0.631. The maximum atomic E-state index is 14.7. The molecule has 0 N–H and O–H groups in total. The average molecular weight is 416 g/mol. The van der Waals surface area contributed by atoms with Crippen molar-refractivity contribution in [2.45, 2.75) is 6.54 Å². The summed E-state index contributed by atoms with van der Waals surface area (Å²) in [6.07, 6.45) is 3.32. The summed E-state index contributed by atoms with van der Waals surface area (Å²) in [5.74, 6) is -0.293. The molecule has 0 fully saturated rings. The molecule has 148 valence electrons. The van der Waals surface area contributed by atoms with E-state index in [9.17, 15) is 4.39 Å². The average Bonchev–Trinajstić information content (AvgIpc) is 3.15. The van der Waals surface area contributed by atoms with Crippen LogP contribution in [0.15, 0.2) is 60.9 Å². The lowest BCUT2D eigenvalue weighted by Crippen LogP contribution is -2.05. The van der Waals surface area contributed by atoms with E-state index in [0.717, 1.165) is 21.8 Å². The Balaban J connectivity index is 1.53. The normalized spacial score (nSPS) is 11.6. The van der Waals surface area contributed by atoms with Crippen LogP contribution in [0.5, 0.6) is 0 Å². The second-order valence-electron chi connectivity index (χ2n) is 7.24. The first-order chi connectivity index (χ1) is 14.6. The van der Waals surface area contributed by atoms with E-state index >= 15 is 0 Å². The van der Waals surface area contributed by atoms with Gasteiger partial charge in [-0.1, -0.05) is 31.3 Å². The molecule has 0 aliphatic heterocycles. The van der Waals surface area contributed by atoms with E-state index in [1.807, 2.05) is 30.3 Å². The number of aromatic nitrogens is 6. The summed E-state index contributed by atoms with van der Waals surface area (Å²) in [4.78, 5) is 13.3. The third kappa shape index (κ3) is 3.42. The summed E-state index contributed by atoms with van der Waals surface area (Å²) in [7, 11) is -0.365. The first kappa shape index (κ1) is 18.7. The van der Waals surface area contributed by atoms with Gasteiger partial charge in [-0.15, -0.1) is 5.10 Å². The SMILES string of the molecule is CP(C)c1ccc(-c2cnc3nnn(Cc4ccc5ncccc5c4)c3n2)c(F)c1. The highest BCUT2D eigenvalue weighted by molar-refractivity contribution is 7.64. The summed E-state index contributed by atoms with van der Waals surface area (Å²) in [6, 6.07) is 15.3. The summed E-state index contributed by atoms with van der Waals surface area (Å²) < 4.78 is 16.4. The fourth-order valence-electron chi connectivity index (χ4n) is 3.38. The molecule has 6 nitrogen and oxygen atoms in total. The molecule has 5 rings (SSSR count). The zero-order chi connectivity index (χ0) is 20.7. The number of rotatable bonds is 4. The molecule has 0 atom stereocenters. The van der Waals surface area contributed by atoms with Gasteiger partial charge in [-0.05, 0) is 54.5 Å². The number of hydrogen-bond donors (Lipinski definition) is 0. The molecule has 0 bridgehead atoms. The van der Waals surface area contributed by atoms with Gasteiger partial charge in [-0.25, -0.2) is 19.0 Å². The summed E-state index contributed by atoms with van der Waals surface area (Å²) in [5, 5.41) is 10.4. The van der Waals surface area contributed by atoms with Crippen molar-refractivity contribution in [1.82, 2.24) is 29.9 Å². The molecular formula is C22H18FN6P. The van der Waals surface area contributed by atoms with E-state index in [1.165, 1.54) is 0 Å². The fourth-order valence-corrected chi connectivity index (χ4v) is 4.12. The standard InChI is InChI=1S/C22H18FN6P/c1-30(2)16-6-7-17(18(23)11-16)20-12-25-21-22(26-20)29(28-27-21)13-14-5-8-19-15(10-14)4-3-9-24-19/h3-12H,13H2,1-2H3. The van der Waals surface area contributed by atoms with E-state index in [0.29, 0.717) is 29.1 Å². The summed E-state index contributed by atoms with van der Waals surface area (Å²) in [5.41, 5.74) is 3.83. The maximum absolute atomic E-state index is 14.7. The van der Waals surface area contributed by atoms with E-state index in [2.05, 4.69) is 44.7 Å². The first-order valence-corrected chi connectivity index (χ1v) is 11.7. The molecule has 0 saturated carbocycles. The van der Waals surface area contributed by atoms with Gasteiger partial charge in [0.05, 0.1) is 24.0 Å². The van der Waals surface area contributed by atoms with Gasteiger partial charge in [0.1, 0.15) is 5.82 Å². The van der Waals surface area contributed by atoms with Gasteiger partial charge in [0, 0.05) is 17.1 Å². The number of hydrogen-bond acceptors (Lipinski definition) is 5. The van der Waals surface area contributed by atoms with Gasteiger partial charge < -0.3 is 0 Å². The molecule has 0 unspecified atom stereocenters. The van der Waals surface area contributed by atoms with Gasteiger partial charge in [0.25, 0.3) is 0 Å². The van der Waals surface area contributed by atoms with Crippen LogP contribution in [0.3, 0.4) is 0 Å². The van der Waals surface area contributed by atoms with Crippen LogP contribution in [0.1, 0.15) is 5.56 Å². The quantitative estimate of drug-likeness (QED) is 0.415. The molecule has 0 aliphatic carbocycles. The highest BCUT2D eigenvalue weighted by Crippen LogP contribution is 2.27. The van der Waals surface area contributed by atoms with Crippen molar-refractivity contribution < 1.29 is 4.39 Å². The van der Waals surface area contributed by atoms with Crippen molar-refractivity contribution in [2.75, 3.05) is 13.3 Å². The molecule has 8 heteroatoms. The number of benzene rings is 2. The highest BCUT2D eigenvalue weighted by Gasteiger charge is 2.14. The Hall–Kier alpha value is -3.31. The molecule has 3 heterocycles. The van der Waals surface area contributed by atoms with Gasteiger partial charge in [-0.3, -0.25) is 4.98 Å². The zero-order valence-electron chi connectivity index (χ0n) is 16.5. The Bertz CT molecular complexity index is 1380. The van der Waals surface area contributed by atoms with E-state index < -0.39 is 0 Å². The molecule has 0 spiro atoms. The smallest absolute Gasteiger partial charge is 0.221 e. The predicted octanol–water partition coefficient (Wildman–Crippen LogP) is 3.99. The minimum Gasteiger partial charge on any atom is -0.256 e. The Morgan fingerprint density at radius 1 is 1.03 bits per heavy atom. The van der Waals surface area contributed by atoms with Crippen molar-refractivity contribution in [3.63, 3.8) is 0 Å². The largest absolute Gasteiger partial charge is 0.256 e. The topological polar surface area (TPSA) is 69.4 Å². The zero-order valence-corrected chi connectivity index (χ0v) is 17.4. The number of nitrogens with zero attached hydrogens (tertiary/aromatic N) is 6. The fraction of sp³-hybridized carbons (Fsp3) is 0.136. The second-order valence-corrected chi connectivity index (χ2v) is 9.54. The van der Waals surface area contributed by atoms with Crippen molar-refractivity contribution in [2.24, 2.45) is 0 Å². The third-order valence-corrected chi connectivity index (χ3v) is 6.28. The van der Waals surface area contributed by atoms with Crippen LogP contribution in [0, 0.1) is 5.82 Å². The van der Waals surface area contributed by atoms with Crippen LogP contribution in [0.25, 0.3) is 33.5 Å². The minimum absolute atomic E-state index is 0.293.